The molecule has 3 aromatic rings. The van der Waals surface area contributed by atoms with Crippen LogP contribution in [0.15, 0.2) is 54.6 Å². The number of rotatable bonds is 5. The number of aromatic nitrogens is 1. The van der Waals surface area contributed by atoms with Crippen molar-refractivity contribution in [1.82, 2.24) is 4.57 Å². The lowest BCUT2D eigenvalue weighted by atomic mass is 10.1. The standard InChI is InChI=1S/C21H20ClNO2/c1-14-3-10-19(15(2)13-14)23-18(9-12-21(24)25)8-11-20(23)16-4-6-17(22)7-5-16/h3-8,10-11,13H,9,12H2,1-2H3,(H,24,25)/p-1. The van der Waals surface area contributed by atoms with Gasteiger partial charge in [-0.3, -0.25) is 0 Å². The van der Waals surface area contributed by atoms with Crippen LogP contribution < -0.4 is 5.11 Å². The van der Waals surface area contributed by atoms with Gasteiger partial charge in [-0.15, -0.1) is 0 Å². The first-order valence-electron chi connectivity index (χ1n) is 8.20. The largest absolute Gasteiger partial charge is 0.550 e. The monoisotopic (exact) mass is 352 g/mol. The van der Waals surface area contributed by atoms with Crippen LogP contribution in [0.2, 0.25) is 5.02 Å². The first-order valence-corrected chi connectivity index (χ1v) is 8.57. The van der Waals surface area contributed by atoms with Crippen LogP contribution in [0.1, 0.15) is 23.2 Å². The summed E-state index contributed by atoms with van der Waals surface area (Å²) in [5.41, 5.74) is 6.37. The highest BCUT2D eigenvalue weighted by Crippen LogP contribution is 2.30. The van der Waals surface area contributed by atoms with Gasteiger partial charge in [0.15, 0.2) is 0 Å². The van der Waals surface area contributed by atoms with Crippen molar-refractivity contribution < 1.29 is 9.90 Å². The second-order valence-corrected chi connectivity index (χ2v) is 6.65. The summed E-state index contributed by atoms with van der Waals surface area (Å²) in [6, 6.07) is 17.9. The van der Waals surface area contributed by atoms with Crippen LogP contribution in [0.4, 0.5) is 0 Å². The van der Waals surface area contributed by atoms with E-state index in [0.717, 1.165) is 28.2 Å². The second-order valence-electron chi connectivity index (χ2n) is 6.21. The van der Waals surface area contributed by atoms with Crippen molar-refractivity contribution in [3.05, 3.63) is 76.4 Å². The number of hydrogen-bond acceptors (Lipinski definition) is 2. The molecule has 0 aliphatic heterocycles. The van der Waals surface area contributed by atoms with Crippen LogP contribution in [-0.2, 0) is 11.2 Å². The van der Waals surface area contributed by atoms with E-state index in [2.05, 4.69) is 36.6 Å². The minimum Gasteiger partial charge on any atom is -0.550 e. The zero-order chi connectivity index (χ0) is 18.0. The fourth-order valence-electron chi connectivity index (χ4n) is 3.09. The van der Waals surface area contributed by atoms with E-state index in [4.69, 9.17) is 11.6 Å². The Balaban J connectivity index is 2.15. The molecule has 0 saturated heterocycles. The maximum atomic E-state index is 10.9. The number of nitrogens with zero attached hydrogens (tertiary/aromatic N) is 1. The lowest BCUT2D eigenvalue weighted by Crippen LogP contribution is -2.22. The van der Waals surface area contributed by atoms with E-state index in [9.17, 15) is 9.90 Å². The van der Waals surface area contributed by atoms with Crippen LogP contribution in [0.25, 0.3) is 16.9 Å². The maximum absolute atomic E-state index is 10.9. The third-order valence-electron chi connectivity index (χ3n) is 4.28. The molecule has 0 radical (unpaired) electrons. The summed E-state index contributed by atoms with van der Waals surface area (Å²) in [6.07, 6.45) is 0.415. The summed E-state index contributed by atoms with van der Waals surface area (Å²) < 4.78 is 2.13. The molecule has 128 valence electrons. The number of aliphatic carboxylic acids is 1. The first-order chi connectivity index (χ1) is 12.0. The van der Waals surface area contributed by atoms with Crippen molar-refractivity contribution in [2.45, 2.75) is 26.7 Å². The fourth-order valence-corrected chi connectivity index (χ4v) is 3.22. The highest BCUT2D eigenvalue weighted by Gasteiger charge is 2.14. The molecule has 3 nitrogen and oxygen atoms in total. The van der Waals surface area contributed by atoms with Gasteiger partial charge in [0.05, 0.1) is 5.69 Å². The van der Waals surface area contributed by atoms with Gasteiger partial charge in [0.2, 0.25) is 0 Å². The van der Waals surface area contributed by atoms with Gasteiger partial charge in [0, 0.05) is 22.4 Å². The number of aryl methyl sites for hydroxylation is 3. The van der Waals surface area contributed by atoms with Crippen LogP contribution in [0, 0.1) is 13.8 Å². The zero-order valence-corrected chi connectivity index (χ0v) is 15.0. The summed E-state index contributed by atoms with van der Waals surface area (Å²) in [5, 5.41) is 11.6. The quantitative estimate of drug-likeness (QED) is 0.694. The molecule has 0 aliphatic carbocycles. The third kappa shape index (κ3) is 3.77. The molecule has 0 spiro atoms. The average Bonchev–Trinajstić information content (AvgIpc) is 2.97. The summed E-state index contributed by atoms with van der Waals surface area (Å²) in [4.78, 5) is 10.9. The van der Waals surface area contributed by atoms with E-state index in [1.807, 2.05) is 36.4 Å². The molecule has 2 aromatic carbocycles. The van der Waals surface area contributed by atoms with Gasteiger partial charge in [-0.2, -0.15) is 0 Å². The maximum Gasteiger partial charge on any atom is 0.0531 e. The SMILES string of the molecule is Cc1ccc(-n2c(CCC(=O)[O-])ccc2-c2ccc(Cl)cc2)c(C)c1. The zero-order valence-electron chi connectivity index (χ0n) is 14.3. The molecule has 0 N–H and O–H groups in total. The normalized spacial score (nSPS) is 10.8. The summed E-state index contributed by atoms with van der Waals surface area (Å²) in [5.74, 6) is -1.04. The summed E-state index contributed by atoms with van der Waals surface area (Å²) in [6.45, 7) is 4.13. The van der Waals surface area contributed by atoms with Crippen LogP contribution in [0.3, 0.4) is 0 Å². The molecular formula is C21H19ClNO2-. The van der Waals surface area contributed by atoms with Crippen molar-refractivity contribution in [2.24, 2.45) is 0 Å². The van der Waals surface area contributed by atoms with Crippen molar-refractivity contribution >= 4 is 17.6 Å². The van der Waals surface area contributed by atoms with E-state index in [0.29, 0.717) is 11.4 Å². The molecule has 1 heterocycles. The van der Waals surface area contributed by atoms with Gasteiger partial charge in [-0.25, -0.2) is 0 Å². The fraction of sp³-hybridized carbons (Fsp3) is 0.190. The van der Waals surface area contributed by atoms with Crippen molar-refractivity contribution in [3.63, 3.8) is 0 Å². The van der Waals surface area contributed by atoms with E-state index in [1.165, 1.54) is 5.56 Å². The predicted molar refractivity (Wildman–Crippen MR) is 99.0 cm³/mol. The van der Waals surface area contributed by atoms with Gasteiger partial charge in [-0.1, -0.05) is 41.4 Å². The van der Waals surface area contributed by atoms with Gasteiger partial charge in [0.25, 0.3) is 0 Å². The number of carboxylic acid groups (broad SMARTS) is 1. The lowest BCUT2D eigenvalue weighted by Gasteiger charge is -2.17. The van der Waals surface area contributed by atoms with Gasteiger partial charge in [-0.05, 0) is 68.1 Å². The Morgan fingerprint density at radius 3 is 2.40 bits per heavy atom. The molecule has 25 heavy (non-hydrogen) atoms. The minimum absolute atomic E-state index is 0.00498. The van der Waals surface area contributed by atoms with Crippen LogP contribution in [-0.4, -0.2) is 10.5 Å². The smallest absolute Gasteiger partial charge is 0.0531 e. The number of carbonyl (C=O) groups is 1. The molecule has 0 amide bonds. The number of carbonyl (C=O) groups excluding carboxylic acids is 1. The number of benzene rings is 2. The number of hydrogen-bond donors (Lipinski definition) is 0. The molecule has 0 bridgehead atoms. The Hall–Kier alpha value is -2.52. The Morgan fingerprint density at radius 2 is 1.76 bits per heavy atom. The Morgan fingerprint density at radius 1 is 1.04 bits per heavy atom. The van der Waals surface area contributed by atoms with Crippen molar-refractivity contribution in [3.8, 4) is 16.9 Å². The number of carboxylic acids is 1. The molecular weight excluding hydrogens is 334 g/mol. The molecule has 3 rings (SSSR count). The van der Waals surface area contributed by atoms with E-state index in [1.54, 1.807) is 0 Å². The van der Waals surface area contributed by atoms with Crippen molar-refractivity contribution in [2.75, 3.05) is 0 Å². The molecule has 0 fully saturated rings. The van der Waals surface area contributed by atoms with E-state index < -0.39 is 5.97 Å². The molecule has 0 saturated carbocycles. The first kappa shape index (κ1) is 17.3. The predicted octanol–water partition coefficient (Wildman–Crippen LogP) is 4.10. The van der Waals surface area contributed by atoms with Gasteiger partial charge >= 0.3 is 0 Å². The lowest BCUT2D eigenvalue weighted by molar-refractivity contribution is -0.305. The summed E-state index contributed by atoms with van der Waals surface area (Å²) in [7, 11) is 0. The van der Waals surface area contributed by atoms with E-state index in [-0.39, 0.29) is 6.42 Å². The summed E-state index contributed by atoms with van der Waals surface area (Å²) >= 11 is 6.01. The van der Waals surface area contributed by atoms with Crippen LogP contribution in [0.5, 0.6) is 0 Å². The van der Waals surface area contributed by atoms with E-state index >= 15 is 0 Å². The van der Waals surface area contributed by atoms with Gasteiger partial charge in [0.1, 0.15) is 0 Å². The molecule has 1 aromatic heterocycles. The second kappa shape index (κ2) is 7.16. The highest BCUT2D eigenvalue weighted by molar-refractivity contribution is 6.30. The van der Waals surface area contributed by atoms with Crippen LogP contribution >= 0.6 is 11.6 Å². The average molecular weight is 353 g/mol. The molecule has 0 unspecified atom stereocenters. The minimum atomic E-state index is -1.04. The topological polar surface area (TPSA) is 45.1 Å². The molecule has 4 heteroatoms. The third-order valence-corrected chi connectivity index (χ3v) is 4.53. The molecule has 0 atom stereocenters. The molecule has 0 aliphatic rings. The van der Waals surface area contributed by atoms with Crippen molar-refractivity contribution in [1.29, 1.82) is 0 Å². The number of halogens is 1. The Bertz CT molecular complexity index is 910. The Labute approximate surface area is 152 Å². The van der Waals surface area contributed by atoms with Gasteiger partial charge < -0.3 is 14.5 Å². The highest BCUT2D eigenvalue weighted by atomic mass is 35.5. The Kier molecular flexibility index (Phi) is 4.95.